The number of hydrogen-bond acceptors (Lipinski definition) is 3. The molecular formula is C17H21N3. The van der Waals surface area contributed by atoms with Crippen molar-refractivity contribution in [3.8, 4) is 0 Å². The van der Waals surface area contributed by atoms with Crippen LogP contribution in [0.3, 0.4) is 0 Å². The summed E-state index contributed by atoms with van der Waals surface area (Å²) < 4.78 is 0. The molecule has 1 unspecified atom stereocenters. The van der Waals surface area contributed by atoms with Gasteiger partial charge in [0, 0.05) is 31.7 Å². The van der Waals surface area contributed by atoms with E-state index in [1.807, 2.05) is 19.4 Å². The van der Waals surface area contributed by atoms with Crippen LogP contribution < -0.4 is 10.2 Å². The van der Waals surface area contributed by atoms with E-state index in [0.717, 1.165) is 19.6 Å². The van der Waals surface area contributed by atoms with Gasteiger partial charge in [0.15, 0.2) is 0 Å². The van der Waals surface area contributed by atoms with Crippen molar-refractivity contribution in [3.63, 3.8) is 0 Å². The van der Waals surface area contributed by atoms with Crippen LogP contribution in [0.1, 0.15) is 23.5 Å². The number of pyridine rings is 1. The Kier molecular flexibility index (Phi) is 3.97. The minimum atomic E-state index is 0.638. The summed E-state index contributed by atoms with van der Waals surface area (Å²) in [6.07, 6.45) is 5.10. The normalized spacial score (nSPS) is 18.4. The molecule has 3 heteroatoms. The topological polar surface area (TPSA) is 28.2 Å². The molecule has 0 saturated carbocycles. The minimum absolute atomic E-state index is 0.638. The average molecular weight is 267 g/mol. The van der Waals surface area contributed by atoms with E-state index < -0.39 is 0 Å². The monoisotopic (exact) mass is 267 g/mol. The molecule has 1 aromatic carbocycles. The average Bonchev–Trinajstić information content (AvgIpc) is 2.99. The molecule has 2 aromatic rings. The summed E-state index contributed by atoms with van der Waals surface area (Å²) in [5.74, 6) is 0.638. The van der Waals surface area contributed by atoms with Crippen molar-refractivity contribution < 1.29 is 0 Å². The second-order valence-electron chi connectivity index (χ2n) is 5.38. The zero-order valence-electron chi connectivity index (χ0n) is 11.9. The van der Waals surface area contributed by atoms with Crippen molar-refractivity contribution in [2.24, 2.45) is 0 Å². The first-order valence-electron chi connectivity index (χ1n) is 7.26. The number of nitrogens with one attached hydrogen (secondary N) is 1. The van der Waals surface area contributed by atoms with Gasteiger partial charge in [0.1, 0.15) is 0 Å². The molecule has 20 heavy (non-hydrogen) atoms. The van der Waals surface area contributed by atoms with Crippen molar-refractivity contribution in [2.75, 3.05) is 25.0 Å². The third-order valence-corrected chi connectivity index (χ3v) is 4.05. The van der Waals surface area contributed by atoms with E-state index in [1.54, 1.807) is 0 Å². The predicted octanol–water partition coefficient (Wildman–Crippen LogP) is 2.79. The van der Waals surface area contributed by atoms with Gasteiger partial charge in [-0.05, 0) is 30.7 Å². The van der Waals surface area contributed by atoms with Crippen LogP contribution in [0.4, 0.5) is 5.69 Å². The van der Waals surface area contributed by atoms with E-state index in [9.17, 15) is 0 Å². The largest absolute Gasteiger partial charge is 0.369 e. The second-order valence-corrected chi connectivity index (χ2v) is 5.38. The number of nitrogens with zero attached hydrogens (tertiary/aromatic N) is 2. The highest BCUT2D eigenvalue weighted by atomic mass is 15.2. The van der Waals surface area contributed by atoms with Gasteiger partial charge in [-0.2, -0.15) is 0 Å². The SMILES string of the molecule is CNCc1ccncc1N1CCC(c2ccccc2)C1. The summed E-state index contributed by atoms with van der Waals surface area (Å²) in [6.45, 7) is 3.10. The van der Waals surface area contributed by atoms with E-state index in [-0.39, 0.29) is 0 Å². The molecule has 2 heterocycles. The highest BCUT2D eigenvalue weighted by Crippen LogP contribution is 2.31. The molecule has 1 fully saturated rings. The van der Waals surface area contributed by atoms with Crippen LogP contribution >= 0.6 is 0 Å². The lowest BCUT2D eigenvalue weighted by Gasteiger charge is -2.21. The molecule has 1 aliphatic rings. The van der Waals surface area contributed by atoms with Gasteiger partial charge in [0.25, 0.3) is 0 Å². The smallest absolute Gasteiger partial charge is 0.0598 e. The van der Waals surface area contributed by atoms with Crippen LogP contribution in [0.25, 0.3) is 0 Å². The molecule has 104 valence electrons. The Hall–Kier alpha value is -1.87. The highest BCUT2D eigenvalue weighted by molar-refractivity contribution is 5.53. The van der Waals surface area contributed by atoms with Crippen LogP contribution in [0.2, 0.25) is 0 Å². The Morgan fingerprint density at radius 3 is 2.90 bits per heavy atom. The van der Waals surface area contributed by atoms with Gasteiger partial charge >= 0.3 is 0 Å². The van der Waals surface area contributed by atoms with E-state index in [2.05, 4.69) is 51.6 Å². The fourth-order valence-electron chi connectivity index (χ4n) is 3.02. The van der Waals surface area contributed by atoms with Gasteiger partial charge in [-0.3, -0.25) is 4.98 Å². The molecule has 1 aliphatic heterocycles. The maximum absolute atomic E-state index is 4.30. The van der Waals surface area contributed by atoms with Crippen molar-refractivity contribution in [1.29, 1.82) is 0 Å². The quantitative estimate of drug-likeness (QED) is 0.923. The van der Waals surface area contributed by atoms with Gasteiger partial charge < -0.3 is 10.2 Å². The van der Waals surface area contributed by atoms with E-state index >= 15 is 0 Å². The first-order chi connectivity index (χ1) is 9.88. The van der Waals surface area contributed by atoms with Crippen LogP contribution in [0, 0.1) is 0 Å². The van der Waals surface area contributed by atoms with Crippen LogP contribution in [-0.2, 0) is 6.54 Å². The molecule has 0 bridgehead atoms. The summed E-state index contributed by atoms with van der Waals surface area (Å²) in [5.41, 5.74) is 4.06. The van der Waals surface area contributed by atoms with Crippen LogP contribution in [0.15, 0.2) is 48.8 Å². The van der Waals surface area contributed by atoms with E-state index in [1.165, 1.54) is 23.2 Å². The molecule has 3 nitrogen and oxygen atoms in total. The maximum Gasteiger partial charge on any atom is 0.0598 e. The van der Waals surface area contributed by atoms with Crippen molar-refractivity contribution in [2.45, 2.75) is 18.9 Å². The Morgan fingerprint density at radius 1 is 1.25 bits per heavy atom. The third-order valence-electron chi connectivity index (χ3n) is 4.05. The molecule has 1 atom stereocenters. The number of hydrogen-bond donors (Lipinski definition) is 1. The molecule has 3 rings (SSSR count). The number of rotatable bonds is 4. The Labute approximate surface area is 120 Å². The summed E-state index contributed by atoms with van der Waals surface area (Å²) in [5, 5.41) is 3.24. The summed E-state index contributed by atoms with van der Waals surface area (Å²) in [4.78, 5) is 6.77. The first kappa shape index (κ1) is 13.1. The Balaban J connectivity index is 1.77. The number of anilines is 1. The lowest BCUT2D eigenvalue weighted by atomic mass is 9.99. The standard InChI is InChI=1S/C17H21N3/c1-18-11-15-7-9-19-12-17(15)20-10-8-16(13-20)14-5-3-2-4-6-14/h2-7,9,12,16,18H,8,10-11,13H2,1H3. The molecule has 1 saturated heterocycles. The molecule has 0 amide bonds. The van der Waals surface area contributed by atoms with Gasteiger partial charge in [-0.15, -0.1) is 0 Å². The van der Waals surface area contributed by atoms with E-state index in [0.29, 0.717) is 5.92 Å². The fraction of sp³-hybridized carbons (Fsp3) is 0.353. The third kappa shape index (κ3) is 2.68. The van der Waals surface area contributed by atoms with Gasteiger partial charge in [0.2, 0.25) is 0 Å². The summed E-state index contributed by atoms with van der Waals surface area (Å²) in [7, 11) is 1.99. The molecule has 0 spiro atoms. The Morgan fingerprint density at radius 2 is 2.10 bits per heavy atom. The first-order valence-corrected chi connectivity index (χ1v) is 7.26. The zero-order valence-corrected chi connectivity index (χ0v) is 11.9. The zero-order chi connectivity index (χ0) is 13.8. The number of benzene rings is 1. The fourth-order valence-corrected chi connectivity index (χ4v) is 3.02. The highest BCUT2D eigenvalue weighted by Gasteiger charge is 2.25. The molecule has 0 aliphatic carbocycles. The molecule has 1 aromatic heterocycles. The predicted molar refractivity (Wildman–Crippen MR) is 83.0 cm³/mol. The van der Waals surface area contributed by atoms with Crippen molar-refractivity contribution in [3.05, 3.63) is 59.9 Å². The van der Waals surface area contributed by atoms with Gasteiger partial charge in [-0.1, -0.05) is 30.3 Å². The van der Waals surface area contributed by atoms with Crippen molar-refractivity contribution in [1.82, 2.24) is 10.3 Å². The summed E-state index contributed by atoms with van der Waals surface area (Å²) in [6, 6.07) is 12.9. The Bertz CT molecular complexity index is 553. The summed E-state index contributed by atoms with van der Waals surface area (Å²) >= 11 is 0. The minimum Gasteiger partial charge on any atom is -0.369 e. The van der Waals surface area contributed by atoms with Crippen LogP contribution in [-0.4, -0.2) is 25.1 Å². The molecular weight excluding hydrogens is 246 g/mol. The molecule has 0 radical (unpaired) electrons. The van der Waals surface area contributed by atoms with Crippen molar-refractivity contribution >= 4 is 5.69 Å². The lowest BCUT2D eigenvalue weighted by molar-refractivity contribution is 0.772. The second kappa shape index (κ2) is 6.06. The lowest BCUT2D eigenvalue weighted by Crippen LogP contribution is -2.22. The maximum atomic E-state index is 4.30. The van der Waals surface area contributed by atoms with Gasteiger partial charge in [-0.25, -0.2) is 0 Å². The van der Waals surface area contributed by atoms with Gasteiger partial charge in [0.05, 0.1) is 11.9 Å². The van der Waals surface area contributed by atoms with Crippen LogP contribution in [0.5, 0.6) is 0 Å². The van der Waals surface area contributed by atoms with E-state index in [4.69, 9.17) is 0 Å². The number of aromatic nitrogens is 1. The molecule has 1 N–H and O–H groups in total.